The van der Waals surface area contributed by atoms with E-state index in [2.05, 4.69) is 11.3 Å². The first-order valence-electron chi connectivity index (χ1n) is 4.90. The van der Waals surface area contributed by atoms with Crippen LogP contribution in [0.25, 0.3) is 0 Å². The van der Waals surface area contributed by atoms with Crippen LogP contribution in [0.3, 0.4) is 0 Å². The second-order valence-corrected chi connectivity index (χ2v) is 4.16. The summed E-state index contributed by atoms with van der Waals surface area (Å²) in [5, 5.41) is 0. The third-order valence-corrected chi connectivity index (χ3v) is 2.97. The molecule has 0 saturated heterocycles. The second-order valence-electron chi connectivity index (χ2n) is 2.49. The van der Waals surface area contributed by atoms with Gasteiger partial charge in [-0.2, -0.15) is 0 Å². The SMILES string of the molecule is C=CC(=O)OCCOP(=O)(OCC)OCC. The third kappa shape index (κ3) is 6.74. The molecule has 0 saturated carbocycles. The van der Waals surface area contributed by atoms with Crippen LogP contribution in [-0.2, 0) is 27.7 Å². The van der Waals surface area contributed by atoms with Gasteiger partial charge in [0.2, 0.25) is 0 Å². The number of carbonyl (C=O) groups excluding carboxylic acids is 1. The fourth-order valence-corrected chi connectivity index (χ4v) is 1.93. The summed E-state index contributed by atoms with van der Waals surface area (Å²) in [5.41, 5.74) is 0. The maximum Gasteiger partial charge on any atom is 0.474 e. The molecule has 0 aliphatic carbocycles. The van der Waals surface area contributed by atoms with Crippen molar-refractivity contribution < 1.29 is 27.7 Å². The number of phosphoric acid groups is 1. The van der Waals surface area contributed by atoms with Gasteiger partial charge < -0.3 is 4.74 Å². The summed E-state index contributed by atoms with van der Waals surface area (Å²) in [5.74, 6) is -0.564. The van der Waals surface area contributed by atoms with Crippen LogP contribution >= 0.6 is 7.82 Å². The van der Waals surface area contributed by atoms with Crippen LogP contribution in [0.5, 0.6) is 0 Å². The lowest BCUT2D eigenvalue weighted by Crippen LogP contribution is -2.09. The average molecular weight is 252 g/mol. The van der Waals surface area contributed by atoms with Crippen molar-refractivity contribution >= 4 is 13.8 Å². The van der Waals surface area contributed by atoms with E-state index in [0.29, 0.717) is 0 Å². The van der Waals surface area contributed by atoms with E-state index in [4.69, 9.17) is 13.6 Å². The Balaban J connectivity index is 3.89. The second kappa shape index (κ2) is 8.47. The Morgan fingerprint density at radius 3 is 2.19 bits per heavy atom. The van der Waals surface area contributed by atoms with Crippen molar-refractivity contribution in [1.82, 2.24) is 0 Å². The molecule has 0 radical (unpaired) electrons. The predicted molar refractivity (Wildman–Crippen MR) is 58.0 cm³/mol. The van der Waals surface area contributed by atoms with E-state index in [9.17, 15) is 9.36 Å². The molecule has 0 aromatic carbocycles. The maximum atomic E-state index is 11.7. The molecule has 0 unspecified atom stereocenters. The number of esters is 1. The molecule has 0 fully saturated rings. The average Bonchev–Trinajstić information content (AvgIpc) is 2.25. The van der Waals surface area contributed by atoms with E-state index in [-0.39, 0.29) is 26.4 Å². The summed E-state index contributed by atoms with van der Waals surface area (Å²) >= 11 is 0. The summed E-state index contributed by atoms with van der Waals surface area (Å²) in [6.45, 7) is 6.91. The van der Waals surface area contributed by atoms with Crippen molar-refractivity contribution in [1.29, 1.82) is 0 Å². The largest absolute Gasteiger partial charge is 0.474 e. The first kappa shape index (κ1) is 15.3. The van der Waals surface area contributed by atoms with Crippen LogP contribution in [-0.4, -0.2) is 32.4 Å². The van der Waals surface area contributed by atoms with Gasteiger partial charge in [-0.3, -0.25) is 13.6 Å². The predicted octanol–water partition coefficient (Wildman–Crippen LogP) is 1.91. The topological polar surface area (TPSA) is 71.1 Å². The van der Waals surface area contributed by atoms with Crippen LogP contribution in [0.2, 0.25) is 0 Å². The quantitative estimate of drug-likeness (QED) is 0.270. The van der Waals surface area contributed by atoms with Crippen LogP contribution in [0.15, 0.2) is 12.7 Å². The van der Waals surface area contributed by atoms with Gasteiger partial charge in [0, 0.05) is 6.08 Å². The third-order valence-electron chi connectivity index (χ3n) is 1.32. The van der Waals surface area contributed by atoms with Gasteiger partial charge in [-0.15, -0.1) is 0 Å². The number of carbonyl (C=O) groups is 1. The molecular weight excluding hydrogens is 235 g/mol. The lowest BCUT2D eigenvalue weighted by molar-refractivity contribution is -0.138. The van der Waals surface area contributed by atoms with E-state index in [1.54, 1.807) is 13.8 Å². The zero-order valence-corrected chi connectivity index (χ0v) is 10.4. The van der Waals surface area contributed by atoms with Crippen LogP contribution in [0.4, 0.5) is 0 Å². The molecule has 0 aromatic rings. The Morgan fingerprint density at radius 1 is 1.19 bits per heavy atom. The Bertz CT molecular complexity index is 255. The number of hydrogen-bond donors (Lipinski definition) is 0. The number of rotatable bonds is 9. The van der Waals surface area contributed by atoms with Crippen LogP contribution in [0, 0.1) is 0 Å². The van der Waals surface area contributed by atoms with Gasteiger partial charge >= 0.3 is 13.8 Å². The lowest BCUT2D eigenvalue weighted by Gasteiger charge is -2.15. The van der Waals surface area contributed by atoms with Crippen molar-refractivity contribution in [3.05, 3.63) is 12.7 Å². The van der Waals surface area contributed by atoms with Crippen LogP contribution in [0.1, 0.15) is 13.8 Å². The number of hydrogen-bond acceptors (Lipinski definition) is 6. The molecule has 0 aliphatic heterocycles. The Morgan fingerprint density at radius 2 is 1.75 bits per heavy atom. The summed E-state index contributed by atoms with van der Waals surface area (Å²) in [6, 6.07) is 0. The molecule has 16 heavy (non-hydrogen) atoms. The summed E-state index contributed by atoms with van der Waals surface area (Å²) in [6.07, 6.45) is 1.03. The molecule has 0 bridgehead atoms. The standard InChI is InChI=1S/C9H17O6P/c1-4-9(10)12-7-8-15-16(11,13-5-2)14-6-3/h4H,1,5-8H2,2-3H3. The highest BCUT2D eigenvalue weighted by atomic mass is 31.2. The molecule has 0 aliphatic rings. The van der Waals surface area contributed by atoms with Gasteiger partial charge in [0.15, 0.2) is 0 Å². The molecule has 0 atom stereocenters. The van der Waals surface area contributed by atoms with Gasteiger partial charge in [-0.25, -0.2) is 9.36 Å². The fraction of sp³-hybridized carbons (Fsp3) is 0.667. The minimum absolute atomic E-state index is 0.0327. The summed E-state index contributed by atoms with van der Waals surface area (Å²) in [4.78, 5) is 10.7. The van der Waals surface area contributed by atoms with Gasteiger partial charge in [0.05, 0.1) is 19.8 Å². The summed E-state index contributed by atoms with van der Waals surface area (Å²) < 4.78 is 30.9. The van der Waals surface area contributed by atoms with Crippen molar-refractivity contribution in [3.63, 3.8) is 0 Å². The first-order valence-corrected chi connectivity index (χ1v) is 6.36. The lowest BCUT2D eigenvalue weighted by atomic mass is 10.6. The Kier molecular flexibility index (Phi) is 8.11. The van der Waals surface area contributed by atoms with Gasteiger partial charge in [-0.1, -0.05) is 6.58 Å². The highest BCUT2D eigenvalue weighted by Crippen LogP contribution is 2.48. The monoisotopic (exact) mass is 252 g/mol. The normalized spacial score (nSPS) is 11.1. The van der Waals surface area contributed by atoms with Crippen LogP contribution < -0.4 is 0 Å². The highest BCUT2D eigenvalue weighted by Gasteiger charge is 2.24. The number of ether oxygens (including phenoxy) is 1. The zero-order valence-electron chi connectivity index (χ0n) is 9.51. The fourth-order valence-electron chi connectivity index (χ4n) is 0.778. The molecule has 7 heteroatoms. The summed E-state index contributed by atoms with van der Waals surface area (Å²) in [7, 11) is -3.50. The highest BCUT2D eigenvalue weighted by molar-refractivity contribution is 7.48. The molecule has 0 N–H and O–H groups in total. The molecule has 0 amide bonds. The van der Waals surface area contributed by atoms with Crippen molar-refractivity contribution in [2.75, 3.05) is 26.4 Å². The van der Waals surface area contributed by atoms with Crippen molar-refractivity contribution in [2.24, 2.45) is 0 Å². The van der Waals surface area contributed by atoms with Gasteiger partial charge in [-0.05, 0) is 13.8 Å². The molecule has 0 rings (SSSR count). The van der Waals surface area contributed by atoms with E-state index in [1.165, 1.54) is 0 Å². The minimum atomic E-state index is -3.50. The molecular formula is C9H17O6P. The molecule has 94 valence electrons. The molecule has 6 nitrogen and oxygen atoms in total. The molecule has 0 heterocycles. The van der Waals surface area contributed by atoms with E-state index < -0.39 is 13.8 Å². The zero-order chi connectivity index (χ0) is 12.4. The van der Waals surface area contributed by atoms with Crippen molar-refractivity contribution in [2.45, 2.75) is 13.8 Å². The molecule has 0 spiro atoms. The van der Waals surface area contributed by atoms with Gasteiger partial charge in [0.25, 0.3) is 0 Å². The Hall–Kier alpha value is -0.680. The number of phosphoric ester groups is 1. The molecule has 0 aromatic heterocycles. The Labute approximate surface area is 95.1 Å². The maximum absolute atomic E-state index is 11.7. The minimum Gasteiger partial charge on any atom is -0.460 e. The van der Waals surface area contributed by atoms with E-state index >= 15 is 0 Å². The first-order chi connectivity index (χ1) is 7.58. The van der Waals surface area contributed by atoms with Gasteiger partial charge in [0.1, 0.15) is 6.61 Å². The van der Waals surface area contributed by atoms with Crippen molar-refractivity contribution in [3.8, 4) is 0 Å². The smallest absolute Gasteiger partial charge is 0.460 e. The van der Waals surface area contributed by atoms with E-state index in [0.717, 1.165) is 6.08 Å². The van der Waals surface area contributed by atoms with E-state index in [1.807, 2.05) is 0 Å².